The first-order chi connectivity index (χ1) is 12.0. The molecule has 0 bridgehead atoms. The largest absolute Gasteiger partial charge is 0.502 e. The minimum atomic E-state index is -0.271. The average Bonchev–Trinajstić information content (AvgIpc) is 3.16. The molecular weight excluding hydrogens is 340 g/mol. The van der Waals surface area contributed by atoms with E-state index in [0.717, 1.165) is 5.56 Å². The van der Waals surface area contributed by atoms with Crippen molar-refractivity contribution in [2.24, 2.45) is 0 Å². The van der Waals surface area contributed by atoms with Gasteiger partial charge in [0.25, 0.3) is 0 Å². The van der Waals surface area contributed by atoms with E-state index >= 15 is 0 Å². The number of hydrogen-bond donors (Lipinski definition) is 3. The van der Waals surface area contributed by atoms with E-state index < -0.39 is 0 Å². The fourth-order valence-corrected chi connectivity index (χ4v) is 3.35. The zero-order chi connectivity index (χ0) is 18.0. The summed E-state index contributed by atoms with van der Waals surface area (Å²) in [5.74, 6) is -0.0999. The van der Waals surface area contributed by atoms with Gasteiger partial charge in [-0.1, -0.05) is 6.07 Å². The Bertz CT molecular complexity index is 818. The molecule has 0 aromatic heterocycles. The molecule has 0 amide bonds. The van der Waals surface area contributed by atoms with Crippen molar-refractivity contribution < 1.29 is 19.4 Å². The number of nitrogen functional groups attached to an aromatic ring is 1. The molecule has 6 nitrogen and oxygen atoms in total. The third-order valence-electron chi connectivity index (χ3n) is 3.90. The molecule has 0 saturated heterocycles. The summed E-state index contributed by atoms with van der Waals surface area (Å²) < 4.78 is 10.2. The van der Waals surface area contributed by atoms with Gasteiger partial charge in [0, 0.05) is 23.0 Å². The number of thioether (sulfide) groups is 1. The number of ether oxygens (including phenoxy) is 2. The lowest BCUT2D eigenvalue weighted by Gasteiger charge is -2.14. The van der Waals surface area contributed by atoms with Crippen molar-refractivity contribution in [1.82, 2.24) is 5.32 Å². The number of anilines is 1. The normalized spacial score (nSPS) is 15.7. The van der Waals surface area contributed by atoms with E-state index in [1.165, 1.54) is 26.4 Å². The quantitative estimate of drug-likeness (QED) is 0.559. The highest BCUT2D eigenvalue weighted by atomic mass is 32.2. The first kappa shape index (κ1) is 17.0. The molecule has 0 spiro atoms. The van der Waals surface area contributed by atoms with Crippen LogP contribution >= 0.6 is 11.8 Å². The van der Waals surface area contributed by atoms with Crippen molar-refractivity contribution in [3.05, 3.63) is 58.6 Å². The molecule has 1 aliphatic rings. The summed E-state index contributed by atoms with van der Waals surface area (Å²) in [5.41, 5.74) is 8.07. The number of phenolic OH excluding ortho intramolecular Hbond substituents is 1. The highest BCUT2D eigenvalue weighted by molar-refractivity contribution is 8.02. The average molecular weight is 358 g/mol. The van der Waals surface area contributed by atoms with Crippen LogP contribution in [0.2, 0.25) is 0 Å². The molecule has 2 aromatic carbocycles. The van der Waals surface area contributed by atoms with Gasteiger partial charge < -0.3 is 25.6 Å². The number of rotatable bonds is 5. The van der Waals surface area contributed by atoms with E-state index in [9.17, 15) is 9.90 Å². The highest BCUT2D eigenvalue weighted by Gasteiger charge is 2.21. The van der Waals surface area contributed by atoms with Crippen LogP contribution in [0.5, 0.6) is 17.2 Å². The first-order valence-corrected chi connectivity index (χ1v) is 8.45. The SMILES string of the molecule is COc1cc(C(=O)c2cc(C3NC=CS3)ccc2N)cc(OC)c1O. The van der Waals surface area contributed by atoms with Crippen LogP contribution in [0.1, 0.15) is 26.9 Å². The fraction of sp³-hybridized carbons (Fsp3) is 0.167. The number of carbonyl (C=O) groups excluding carboxylic acids is 1. The number of methoxy groups -OCH3 is 2. The van der Waals surface area contributed by atoms with Crippen LogP contribution in [-0.2, 0) is 0 Å². The second kappa shape index (κ2) is 6.98. The second-order valence-electron chi connectivity index (χ2n) is 5.39. The minimum absolute atomic E-state index is 0.0519. The number of nitrogens with two attached hydrogens (primary N) is 1. The third-order valence-corrected chi connectivity index (χ3v) is 4.87. The van der Waals surface area contributed by atoms with E-state index in [1.54, 1.807) is 23.9 Å². The lowest BCUT2D eigenvalue weighted by molar-refractivity contribution is 0.103. The summed E-state index contributed by atoms with van der Waals surface area (Å²) in [5, 5.41) is 15.2. The molecule has 2 aromatic rings. The van der Waals surface area contributed by atoms with E-state index in [4.69, 9.17) is 15.2 Å². The van der Waals surface area contributed by atoms with Gasteiger partial charge in [0.15, 0.2) is 17.3 Å². The summed E-state index contributed by atoms with van der Waals surface area (Å²) in [6, 6.07) is 8.33. The molecule has 1 atom stereocenters. The summed E-state index contributed by atoms with van der Waals surface area (Å²) >= 11 is 1.61. The van der Waals surface area contributed by atoms with Crippen molar-refractivity contribution in [3.63, 3.8) is 0 Å². The van der Waals surface area contributed by atoms with Crippen molar-refractivity contribution in [3.8, 4) is 17.2 Å². The predicted octanol–water partition coefficient (Wildman–Crippen LogP) is 3.03. The molecule has 7 heteroatoms. The molecule has 25 heavy (non-hydrogen) atoms. The predicted molar refractivity (Wildman–Crippen MR) is 98.1 cm³/mol. The summed E-state index contributed by atoms with van der Waals surface area (Å²) in [7, 11) is 2.82. The molecule has 1 aliphatic heterocycles. The Hall–Kier alpha value is -2.80. The topological polar surface area (TPSA) is 93.8 Å². The van der Waals surface area contributed by atoms with Crippen LogP contribution < -0.4 is 20.5 Å². The smallest absolute Gasteiger partial charge is 0.200 e. The van der Waals surface area contributed by atoms with Gasteiger partial charge in [-0.3, -0.25) is 4.79 Å². The maximum atomic E-state index is 13.0. The number of aromatic hydroxyl groups is 1. The van der Waals surface area contributed by atoms with Crippen LogP contribution in [0, 0.1) is 0 Å². The van der Waals surface area contributed by atoms with Crippen LogP contribution in [0.25, 0.3) is 0 Å². The minimum Gasteiger partial charge on any atom is -0.502 e. The third kappa shape index (κ3) is 3.23. The second-order valence-corrected chi connectivity index (χ2v) is 6.41. The van der Waals surface area contributed by atoms with E-state index in [-0.39, 0.29) is 28.4 Å². The number of carbonyl (C=O) groups is 1. The number of ketones is 1. The van der Waals surface area contributed by atoms with Gasteiger partial charge in [0.2, 0.25) is 5.75 Å². The van der Waals surface area contributed by atoms with Crippen molar-refractivity contribution >= 4 is 23.2 Å². The highest BCUT2D eigenvalue weighted by Crippen LogP contribution is 2.38. The summed E-state index contributed by atoms with van der Waals surface area (Å²) in [4.78, 5) is 13.0. The Kier molecular flexibility index (Phi) is 4.76. The summed E-state index contributed by atoms with van der Waals surface area (Å²) in [6.45, 7) is 0. The molecule has 130 valence electrons. The Labute approximate surface area is 149 Å². The maximum Gasteiger partial charge on any atom is 0.200 e. The van der Waals surface area contributed by atoms with E-state index in [1.807, 2.05) is 17.7 Å². The van der Waals surface area contributed by atoms with E-state index in [2.05, 4.69) is 5.32 Å². The number of phenols is 1. The van der Waals surface area contributed by atoms with Gasteiger partial charge in [-0.2, -0.15) is 0 Å². The molecule has 0 aliphatic carbocycles. The number of nitrogens with one attached hydrogen (secondary N) is 1. The van der Waals surface area contributed by atoms with Gasteiger partial charge in [-0.05, 0) is 35.2 Å². The molecule has 0 saturated carbocycles. The molecule has 3 rings (SSSR count). The monoisotopic (exact) mass is 358 g/mol. The van der Waals surface area contributed by atoms with E-state index in [0.29, 0.717) is 16.8 Å². The fourth-order valence-electron chi connectivity index (χ4n) is 2.57. The Morgan fingerprint density at radius 1 is 1.20 bits per heavy atom. The molecule has 0 radical (unpaired) electrons. The van der Waals surface area contributed by atoms with Crippen LogP contribution in [0.3, 0.4) is 0 Å². The lowest BCUT2D eigenvalue weighted by atomic mass is 9.98. The lowest BCUT2D eigenvalue weighted by Crippen LogP contribution is -2.11. The van der Waals surface area contributed by atoms with Gasteiger partial charge in [-0.15, -0.1) is 11.8 Å². The standard InChI is InChI=1S/C18H18N2O4S/c1-23-14-8-11(9-15(24-2)17(14)22)16(21)12-7-10(3-4-13(12)19)18-20-5-6-25-18/h3-9,18,20,22H,19H2,1-2H3. The maximum absolute atomic E-state index is 13.0. The molecule has 4 N–H and O–H groups in total. The van der Waals surface area contributed by atoms with Crippen LogP contribution in [-0.4, -0.2) is 25.1 Å². The first-order valence-electron chi connectivity index (χ1n) is 7.50. The van der Waals surface area contributed by atoms with Crippen LogP contribution in [0.15, 0.2) is 41.9 Å². The zero-order valence-electron chi connectivity index (χ0n) is 13.8. The molecule has 1 heterocycles. The van der Waals surface area contributed by atoms with Crippen molar-refractivity contribution in [2.45, 2.75) is 5.37 Å². The molecule has 1 unspecified atom stereocenters. The Morgan fingerprint density at radius 3 is 2.44 bits per heavy atom. The van der Waals surface area contributed by atoms with Crippen LogP contribution in [0.4, 0.5) is 5.69 Å². The van der Waals surface area contributed by atoms with Gasteiger partial charge in [0.1, 0.15) is 5.37 Å². The Morgan fingerprint density at radius 2 is 1.88 bits per heavy atom. The Balaban J connectivity index is 2.02. The zero-order valence-corrected chi connectivity index (χ0v) is 14.6. The van der Waals surface area contributed by atoms with Gasteiger partial charge >= 0.3 is 0 Å². The van der Waals surface area contributed by atoms with Crippen molar-refractivity contribution in [1.29, 1.82) is 0 Å². The molecular formula is C18H18N2O4S. The summed E-state index contributed by atoms with van der Waals surface area (Å²) in [6.07, 6.45) is 1.86. The van der Waals surface area contributed by atoms with Gasteiger partial charge in [-0.25, -0.2) is 0 Å². The molecule has 0 fully saturated rings. The number of benzene rings is 2. The number of hydrogen-bond acceptors (Lipinski definition) is 7. The van der Waals surface area contributed by atoms with Crippen molar-refractivity contribution in [2.75, 3.05) is 20.0 Å². The van der Waals surface area contributed by atoms with Gasteiger partial charge in [0.05, 0.1) is 14.2 Å².